The smallest absolute Gasteiger partial charge is 0.122 e. The van der Waals surface area contributed by atoms with Crippen molar-refractivity contribution < 1.29 is 14.2 Å². The second-order valence-electron chi connectivity index (χ2n) is 7.95. The van der Waals surface area contributed by atoms with Crippen LogP contribution in [0.1, 0.15) is 34.2 Å². The summed E-state index contributed by atoms with van der Waals surface area (Å²) in [5.41, 5.74) is 5.51. The number of nitrogens with zero attached hydrogens (tertiary/aromatic N) is 4. The van der Waals surface area contributed by atoms with Crippen LogP contribution in [0.15, 0.2) is 42.7 Å². The Balaban J connectivity index is 1.42. The maximum atomic E-state index is 6.03. The normalized spacial score (nSPS) is 17.0. The topological polar surface area (TPSA) is 61.6 Å². The molecule has 3 heterocycles. The Hall–Kier alpha value is -2.90. The Labute approximate surface area is 183 Å². The van der Waals surface area contributed by atoms with Gasteiger partial charge in [-0.3, -0.25) is 14.6 Å². The SMILES string of the molecule is COc1ccc(OC)c(Cc2ccc([C@@H]3CN(Cc4cn(C)nc4C)CCO3)nc2)c1. The van der Waals surface area contributed by atoms with Gasteiger partial charge in [-0.15, -0.1) is 0 Å². The van der Waals surface area contributed by atoms with Crippen molar-refractivity contribution >= 4 is 0 Å². The summed E-state index contributed by atoms with van der Waals surface area (Å²) in [5.74, 6) is 1.67. The summed E-state index contributed by atoms with van der Waals surface area (Å²) in [6, 6.07) is 10.0. The zero-order valence-electron chi connectivity index (χ0n) is 18.7. The maximum absolute atomic E-state index is 6.03. The van der Waals surface area contributed by atoms with Crippen LogP contribution in [-0.2, 0) is 24.8 Å². The molecule has 0 spiro atoms. The van der Waals surface area contributed by atoms with Crippen molar-refractivity contribution in [2.75, 3.05) is 33.9 Å². The number of pyridine rings is 1. The minimum absolute atomic E-state index is 0.0221. The number of ether oxygens (including phenoxy) is 3. The van der Waals surface area contributed by atoms with Gasteiger partial charge in [0.25, 0.3) is 0 Å². The van der Waals surface area contributed by atoms with Crippen molar-refractivity contribution in [3.63, 3.8) is 0 Å². The lowest BCUT2D eigenvalue weighted by atomic mass is 10.0. The second kappa shape index (κ2) is 9.49. The molecular weight excluding hydrogens is 392 g/mol. The molecule has 1 aromatic carbocycles. The average molecular weight is 423 g/mol. The van der Waals surface area contributed by atoms with E-state index in [2.05, 4.69) is 35.3 Å². The first-order valence-electron chi connectivity index (χ1n) is 10.5. The molecule has 164 valence electrons. The molecule has 0 radical (unpaired) electrons. The number of aromatic nitrogens is 3. The van der Waals surface area contributed by atoms with E-state index in [9.17, 15) is 0 Å². The zero-order valence-corrected chi connectivity index (χ0v) is 18.7. The molecule has 7 heteroatoms. The first kappa shape index (κ1) is 21.3. The van der Waals surface area contributed by atoms with Gasteiger partial charge >= 0.3 is 0 Å². The molecule has 1 aliphatic heterocycles. The number of benzene rings is 1. The molecule has 4 rings (SSSR count). The fourth-order valence-corrected chi connectivity index (χ4v) is 4.04. The predicted octanol–water partition coefficient (Wildman–Crippen LogP) is 3.31. The van der Waals surface area contributed by atoms with Crippen LogP contribution < -0.4 is 9.47 Å². The van der Waals surface area contributed by atoms with E-state index in [-0.39, 0.29) is 6.10 Å². The van der Waals surface area contributed by atoms with E-state index in [0.717, 1.165) is 60.1 Å². The van der Waals surface area contributed by atoms with Crippen LogP contribution in [0.5, 0.6) is 11.5 Å². The van der Waals surface area contributed by atoms with Crippen LogP contribution in [0.3, 0.4) is 0 Å². The summed E-state index contributed by atoms with van der Waals surface area (Å²) < 4.78 is 18.8. The van der Waals surface area contributed by atoms with Crippen LogP contribution in [0, 0.1) is 6.92 Å². The number of hydrogen-bond donors (Lipinski definition) is 0. The van der Waals surface area contributed by atoms with Gasteiger partial charge in [-0.1, -0.05) is 6.07 Å². The molecule has 0 saturated carbocycles. The lowest BCUT2D eigenvalue weighted by Crippen LogP contribution is -2.38. The van der Waals surface area contributed by atoms with Crippen LogP contribution in [-0.4, -0.2) is 53.6 Å². The van der Waals surface area contributed by atoms with Crippen LogP contribution in [0.2, 0.25) is 0 Å². The van der Waals surface area contributed by atoms with Gasteiger partial charge in [0.2, 0.25) is 0 Å². The van der Waals surface area contributed by atoms with Gasteiger partial charge in [0, 0.05) is 56.6 Å². The molecule has 31 heavy (non-hydrogen) atoms. The fraction of sp³-hybridized carbons (Fsp3) is 0.417. The molecule has 1 aliphatic rings. The van der Waals surface area contributed by atoms with Crippen molar-refractivity contribution in [3.8, 4) is 11.5 Å². The second-order valence-corrected chi connectivity index (χ2v) is 7.95. The Morgan fingerprint density at radius 2 is 2.00 bits per heavy atom. The lowest BCUT2D eigenvalue weighted by Gasteiger charge is -2.32. The molecule has 0 bridgehead atoms. The van der Waals surface area contributed by atoms with Gasteiger partial charge in [0.15, 0.2) is 0 Å². The average Bonchev–Trinajstić information content (AvgIpc) is 3.10. The van der Waals surface area contributed by atoms with Gasteiger partial charge in [-0.2, -0.15) is 5.10 Å². The third-order valence-electron chi connectivity index (χ3n) is 5.72. The molecule has 3 aromatic rings. The molecule has 0 N–H and O–H groups in total. The summed E-state index contributed by atoms with van der Waals surface area (Å²) in [6.45, 7) is 5.38. The molecule has 7 nitrogen and oxygen atoms in total. The van der Waals surface area contributed by atoms with E-state index < -0.39 is 0 Å². The van der Waals surface area contributed by atoms with E-state index in [1.165, 1.54) is 5.56 Å². The highest BCUT2D eigenvalue weighted by Crippen LogP contribution is 2.27. The standard InChI is InChI=1S/C24H30N4O3/c1-17-20(14-27(2)26-17)15-28-9-10-31-24(16-28)22-7-5-18(13-25-22)11-19-12-21(29-3)6-8-23(19)30-4/h5-8,12-14,24H,9-11,15-16H2,1-4H3/t24-/m0/s1. The number of aryl methyl sites for hydroxylation is 2. The molecule has 1 atom stereocenters. The van der Waals surface area contributed by atoms with Crippen molar-refractivity contribution in [3.05, 3.63) is 70.8 Å². The summed E-state index contributed by atoms with van der Waals surface area (Å²) in [7, 11) is 5.32. The molecule has 2 aromatic heterocycles. The van der Waals surface area contributed by atoms with Gasteiger partial charge in [0.05, 0.1) is 32.2 Å². The van der Waals surface area contributed by atoms with Gasteiger partial charge < -0.3 is 14.2 Å². The van der Waals surface area contributed by atoms with E-state index in [1.54, 1.807) is 14.2 Å². The van der Waals surface area contributed by atoms with E-state index in [1.807, 2.05) is 36.1 Å². The highest BCUT2D eigenvalue weighted by Gasteiger charge is 2.24. The minimum Gasteiger partial charge on any atom is -0.497 e. The predicted molar refractivity (Wildman–Crippen MR) is 119 cm³/mol. The molecule has 1 saturated heterocycles. The van der Waals surface area contributed by atoms with Crippen LogP contribution in [0.25, 0.3) is 0 Å². The summed E-state index contributed by atoms with van der Waals surface area (Å²) >= 11 is 0. The van der Waals surface area contributed by atoms with Crippen molar-refractivity contribution in [1.29, 1.82) is 0 Å². The number of methoxy groups -OCH3 is 2. The van der Waals surface area contributed by atoms with Gasteiger partial charge in [-0.05, 0) is 36.8 Å². The summed E-state index contributed by atoms with van der Waals surface area (Å²) in [4.78, 5) is 7.13. The third kappa shape index (κ3) is 5.06. The Bertz CT molecular complexity index is 1020. The Kier molecular flexibility index (Phi) is 6.53. The molecule has 1 fully saturated rings. The zero-order chi connectivity index (χ0) is 21.8. The minimum atomic E-state index is -0.0221. The number of rotatable bonds is 7. The largest absolute Gasteiger partial charge is 0.497 e. The number of morpholine rings is 1. The van der Waals surface area contributed by atoms with Crippen molar-refractivity contribution in [1.82, 2.24) is 19.7 Å². The van der Waals surface area contributed by atoms with E-state index in [0.29, 0.717) is 6.61 Å². The molecular formula is C24H30N4O3. The number of hydrogen-bond acceptors (Lipinski definition) is 6. The quantitative estimate of drug-likeness (QED) is 0.582. The van der Waals surface area contributed by atoms with Crippen molar-refractivity contribution in [2.45, 2.75) is 26.0 Å². The first-order chi connectivity index (χ1) is 15.1. The van der Waals surface area contributed by atoms with Crippen LogP contribution >= 0.6 is 0 Å². The summed E-state index contributed by atoms with van der Waals surface area (Å²) in [6.07, 6.45) is 4.73. The summed E-state index contributed by atoms with van der Waals surface area (Å²) in [5, 5.41) is 4.45. The van der Waals surface area contributed by atoms with Crippen molar-refractivity contribution in [2.24, 2.45) is 7.05 Å². The van der Waals surface area contributed by atoms with Gasteiger partial charge in [-0.25, -0.2) is 0 Å². The third-order valence-corrected chi connectivity index (χ3v) is 5.72. The Morgan fingerprint density at radius 1 is 1.13 bits per heavy atom. The highest BCUT2D eigenvalue weighted by atomic mass is 16.5. The van der Waals surface area contributed by atoms with Gasteiger partial charge in [0.1, 0.15) is 17.6 Å². The molecule has 0 unspecified atom stereocenters. The molecule has 0 aliphatic carbocycles. The lowest BCUT2D eigenvalue weighted by molar-refractivity contribution is -0.0350. The van der Waals surface area contributed by atoms with E-state index in [4.69, 9.17) is 19.2 Å². The van der Waals surface area contributed by atoms with Crippen LogP contribution in [0.4, 0.5) is 0 Å². The highest BCUT2D eigenvalue weighted by molar-refractivity contribution is 5.42. The fourth-order valence-electron chi connectivity index (χ4n) is 4.04. The molecule has 0 amide bonds. The first-order valence-corrected chi connectivity index (χ1v) is 10.5. The van der Waals surface area contributed by atoms with E-state index >= 15 is 0 Å². The Morgan fingerprint density at radius 3 is 2.68 bits per heavy atom. The monoisotopic (exact) mass is 422 g/mol. The maximum Gasteiger partial charge on any atom is 0.122 e.